The Labute approximate surface area is 86.2 Å². The number of nitrogens with zero attached hydrogens (tertiary/aromatic N) is 1. The average molecular weight is 219 g/mol. The van der Waals surface area contributed by atoms with Crippen molar-refractivity contribution in [1.82, 2.24) is 4.90 Å². The maximum absolute atomic E-state index is 10.9. The zero-order chi connectivity index (χ0) is 9.47. The summed E-state index contributed by atoms with van der Waals surface area (Å²) in [4.78, 5) is 12.9. The monoisotopic (exact) mass is 219 g/mol. The largest absolute Gasteiger partial charge is 0.480 e. The van der Waals surface area contributed by atoms with Crippen LogP contribution < -0.4 is 0 Å². The van der Waals surface area contributed by atoms with Crippen LogP contribution in [-0.2, 0) is 4.79 Å². The highest BCUT2D eigenvalue weighted by atomic mass is 32.2. The lowest BCUT2D eigenvalue weighted by molar-refractivity contribution is -0.141. The fraction of sp³-hybridized carbons (Fsp3) is 0.875. The molecule has 0 amide bonds. The minimum absolute atomic E-state index is 0.192. The van der Waals surface area contributed by atoms with E-state index in [-0.39, 0.29) is 10.1 Å². The Bertz CT molecular complexity index is 228. The van der Waals surface area contributed by atoms with Crippen molar-refractivity contribution < 1.29 is 9.90 Å². The Hall–Kier alpha value is 0.130. The quantitative estimate of drug-likeness (QED) is 0.711. The SMILES string of the molecule is CN1CC2(CC1C(=O)O)SCCS2. The minimum atomic E-state index is -0.674. The molecule has 2 saturated heterocycles. The first-order valence-corrected chi connectivity index (χ1v) is 6.31. The van der Waals surface area contributed by atoms with Crippen molar-refractivity contribution in [3.8, 4) is 0 Å². The first-order valence-electron chi connectivity index (χ1n) is 4.34. The van der Waals surface area contributed by atoms with Gasteiger partial charge in [0.25, 0.3) is 0 Å². The highest BCUT2D eigenvalue weighted by molar-refractivity contribution is 8.21. The number of aliphatic carboxylic acids is 1. The van der Waals surface area contributed by atoms with Crippen molar-refractivity contribution in [3.05, 3.63) is 0 Å². The zero-order valence-corrected chi connectivity index (χ0v) is 9.16. The second-order valence-electron chi connectivity index (χ2n) is 3.58. The molecule has 2 aliphatic rings. The van der Waals surface area contributed by atoms with E-state index in [1.807, 2.05) is 35.5 Å². The highest BCUT2D eigenvalue weighted by Crippen LogP contribution is 2.51. The Balaban J connectivity index is 2.09. The van der Waals surface area contributed by atoms with Gasteiger partial charge in [0.1, 0.15) is 6.04 Å². The Morgan fingerprint density at radius 1 is 1.54 bits per heavy atom. The molecule has 0 aromatic rings. The van der Waals surface area contributed by atoms with Crippen molar-refractivity contribution in [1.29, 1.82) is 0 Å². The van der Waals surface area contributed by atoms with Gasteiger partial charge in [0.15, 0.2) is 0 Å². The van der Waals surface area contributed by atoms with Gasteiger partial charge in [-0.25, -0.2) is 0 Å². The lowest BCUT2D eigenvalue weighted by Crippen LogP contribution is -2.32. The van der Waals surface area contributed by atoms with E-state index < -0.39 is 5.97 Å². The van der Waals surface area contributed by atoms with Gasteiger partial charge in [-0.05, 0) is 13.5 Å². The molecule has 0 aliphatic carbocycles. The van der Waals surface area contributed by atoms with Crippen molar-refractivity contribution in [2.24, 2.45) is 0 Å². The van der Waals surface area contributed by atoms with Crippen LogP contribution in [0.2, 0.25) is 0 Å². The number of likely N-dealkylation sites (tertiary alicyclic amines) is 1. The second-order valence-corrected chi connectivity index (χ2v) is 6.80. The lowest BCUT2D eigenvalue weighted by Gasteiger charge is -2.19. The minimum Gasteiger partial charge on any atom is -0.480 e. The second kappa shape index (κ2) is 3.37. The Kier molecular flexibility index (Phi) is 2.51. The van der Waals surface area contributed by atoms with Gasteiger partial charge in [0, 0.05) is 18.1 Å². The number of rotatable bonds is 1. The first-order chi connectivity index (χ1) is 6.13. The first kappa shape index (κ1) is 9.68. The molecule has 1 atom stereocenters. The zero-order valence-electron chi connectivity index (χ0n) is 7.52. The van der Waals surface area contributed by atoms with Gasteiger partial charge in [-0.1, -0.05) is 0 Å². The van der Waals surface area contributed by atoms with Crippen LogP contribution in [0.25, 0.3) is 0 Å². The van der Waals surface area contributed by atoms with E-state index in [1.165, 1.54) is 11.5 Å². The molecule has 2 heterocycles. The topological polar surface area (TPSA) is 40.5 Å². The molecule has 2 aliphatic heterocycles. The third kappa shape index (κ3) is 1.69. The van der Waals surface area contributed by atoms with Gasteiger partial charge in [-0.3, -0.25) is 9.69 Å². The Morgan fingerprint density at radius 3 is 2.62 bits per heavy atom. The molecule has 13 heavy (non-hydrogen) atoms. The summed E-state index contributed by atoms with van der Waals surface area (Å²) in [6.45, 7) is 0.916. The van der Waals surface area contributed by atoms with Crippen LogP contribution in [0.15, 0.2) is 0 Å². The molecule has 3 nitrogen and oxygen atoms in total. The summed E-state index contributed by atoms with van der Waals surface area (Å²) >= 11 is 3.87. The van der Waals surface area contributed by atoms with E-state index in [9.17, 15) is 4.79 Å². The predicted molar refractivity (Wildman–Crippen MR) is 56.3 cm³/mol. The van der Waals surface area contributed by atoms with Crippen LogP contribution in [0.5, 0.6) is 0 Å². The van der Waals surface area contributed by atoms with Crippen LogP contribution in [0.1, 0.15) is 6.42 Å². The van der Waals surface area contributed by atoms with Crippen LogP contribution in [0, 0.1) is 0 Å². The fourth-order valence-corrected chi connectivity index (χ4v) is 5.37. The molecule has 1 N–H and O–H groups in total. The molecule has 0 aromatic heterocycles. The van der Waals surface area contributed by atoms with Crippen molar-refractivity contribution in [3.63, 3.8) is 0 Å². The standard InChI is InChI=1S/C8H13NO2S2/c1-9-5-8(12-2-3-13-8)4-6(9)7(10)11/h6H,2-5H2,1H3,(H,10,11). The maximum atomic E-state index is 10.9. The van der Waals surface area contributed by atoms with Gasteiger partial charge in [0.05, 0.1) is 4.08 Å². The number of likely N-dealkylation sites (N-methyl/N-ethyl adjacent to an activating group) is 1. The number of carbonyl (C=O) groups is 1. The summed E-state index contributed by atoms with van der Waals surface area (Å²) in [5.74, 6) is 1.67. The third-order valence-electron chi connectivity index (χ3n) is 2.63. The molecule has 1 spiro atoms. The summed E-state index contributed by atoms with van der Waals surface area (Å²) in [5, 5.41) is 8.97. The van der Waals surface area contributed by atoms with E-state index in [0.29, 0.717) is 0 Å². The summed E-state index contributed by atoms with van der Waals surface area (Å²) in [6, 6.07) is -0.266. The van der Waals surface area contributed by atoms with Gasteiger partial charge < -0.3 is 5.11 Å². The summed E-state index contributed by atoms with van der Waals surface area (Å²) < 4.78 is 0.192. The summed E-state index contributed by atoms with van der Waals surface area (Å²) in [7, 11) is 1.91. The van der Waals surface area contributed by atoms with Crippen molar-refractivity contribution in [2.75, 3.05) is 25.1 Å². The van der Waals surface area contributed by atoms with E-state index in [1.54, 1.807) is 0 Å². The molecule has 5 heteroatoms. The molecule has 0 bridgehead atoms. The molecular formula is C8H13NO2S2. The van der Waals surface area contributed by atoms with E-state index in [2.05, 4.69) is 0 Å². The number of carboxylic acids is 1. The number of carboxylic acid groups (broad SMARTS) is 1. The van der Waals surface area contributed by atoms with E-state index >= 15 is 0 Å². The third-order valence-corrected chi connectivity index (χ3v) is 6.05. The van der Waals surface area contributed by atoms with Crippen LogP contribution in [0.4, 0.5) is 0 Å². The highest BCUT2D eigenvalue weighted by Gasteiger charge is 2.48. The van der Waals surface area contributed by atoms with Crippen molar-refractivity contribution >= 4 is 29.5 Å². The molecule has 74 valence electrons. The van der Waals surface area contributed by atoms with Gasteiger partial charge in [-0.2, -0.15) is 0 Å². The van der Waals surface area contributed by atoms with Gasteiger partial charge >= 0.3 is 5.97 Å². The molecular weight excluding hydrogens is 206 g/mol. The average Bonchev–Trinajstić information content (AvgIpc) is 2.60. The van der Waals surface area contributed by atoms with Crippen molar-refractivity contribution in [2.45, 2.75) is 16.5 Å². The maximum Gasteiger partial charge on any atom is 0.320 e. The lowest BCUT2D eigenvalue weighted by atomic mass is 10.2. The smallest absolute Gasteiger partial charge is 0.320 e. The van der Waals surface area contributed by atoms with E-state index in [0.717, 1.165) is 13.0 Å². The number of thioether (sulfide) groups is 2. The normalized spacial score (nSPS) is 32.8. The van der Waals surface area contributed by atoms with E-state index in [4.69, 9.17) is 5.11 Å². The van der Waals surface area contributed by atoms with Crippen LogP contribution in [-0.4, -0.2) is 51.2 Å². The fourth-order valence-electron chi connectivity index (χ4n) is 1.99. The molecule has 0 saturated carbocycles. The Morgan fingerprint density at radius 2 is 2.15 bits per heavy atom. The van der Waals surface area contributed by atoms with Gasteiger partial charge in [0.2, 0.25) is 0 Å². The molecule has 0 radical (unpaired) electrons. The summed E-state index contributed by atoms with van der Waals surface area (Å²) in [5.41, 5.74) is 0. The molecule has 2 fully saturated rings. The van der Waals surface area contributed by atoms with Crippen LogP contribution >= 0.6 is 23.5 Å². The van der Waals surface area contributed by atoms with Crippen LogP contribution in [0.3, 0.4) is 0 Å². The number of hydrogen-bond acceptors (Lipinski definition) is 4. The summed E-state index contributed by atoms with van der Waals surface area (Å²) in [6.07, 6.45) is 0.800. The predicted octanol–water partition coefficient (Wildman–Crippen LogP) is 0.951. The van der Waals surface area contributed by atoms with Gasteiger partial charge in [-0.15, -0.1) is 23.5 Å². The number of hydrogen-bond donors (Lipinski definition) is 1. The molecule has 1 unspecified atom stereocenters. The molecule has 2 rings (SSSR count). The molecule has 0 aromatic carbocycles.